The van der Waals surface area contributed by atoms with Crippen LogP contribution in [0, 0.1) is 12.8 Å². The van der Waals surface area contributed by atoms with Gasteiger partial charge in [0.1, 0.15) is 17.9 Å². The lowest BCUT2D eigenvalue weighted by molar-refractivity contribution is -0.125. The normalized spacial score (nSPS) is 19.3. The van der Waals surface area contributed by atoms with Crippen molar-refractivity contribution in [2.45, 2.75) is 52.0 Å². The lowest BCUT2D eigenvalue weighted by Crippen LogP contribution is -2.30. The first-order valence-corrected chi connectivity index (χ1v) is 12.5. The number of pyridine rings is 2. The van der Waals surface area contributed by atoms with E-state index in [1.54, 1.807) is 12.4 Å². The number of fused-ring (bicyclic) bond motifs is 1. The quantitative estimate of drug-likeness (QED) is 0.382. The molecule has 1 aliphatic carbocycles. The van der Waals surface area contributed by atoms with Gasteiger partial charge in [-0.15, -0.1) is 0 Å². The van der Waals surface area contributed by atoms with E-state index in [-0.39, 0.29) is 31.9 Å². The van der Waals surface area contributed by atoms with Gasteiger partial charge in [0, 0.05) is 53.9 Å². The third kappa shape index (κ3) is 5.93. The van der Waals surface area contributed by atoms with Crippen molar-refractivity contribution in [1.82, 2.24) is 15.3 Å². The maximum absolute atomic E-state index is 12.6. The van der Waals surface area contributed by atoms with Crippen LogP contribution in [0.4, 0.5) is 5.69 Å². The predicted octanol–water partition coefficient (Wildman–Crippen LogP) is 4.40. The first-order chi connectivity index (χ1) is 17.8. The molecular weight excluding hydrogens is 492 g/mol. The molecule has 2 unspecified atom stereocenters. The van der Waals surface area contributed by atoms with Crippen LogP contribution in [-0.4, -0.2) is 38.3 Å². The van der Waals surface area contributed by atoms with Gasteiger partial charge < -0.3 is 25.2 Å². The van der Waals surface area contributed by atoms with Crippen molar-refractivity contribution in [2.24, 2.45) is 5.92 Å². The summed E-state index contributed by atoms with van der Waals surface area (Å²) in [4.78, 5) is 23.4. The Morgan fingerprint density at radius 1 is 1.30 bits per heavy atom. The Hall–Kier alpha value is -3.46. The fourth-order valence-corrected chi connectivity index (χ4v) is 4.79. The second-order valence-electron chi connectivity index (χ2n) is 9.08. The molecule has 9 heteroatoms. The molecule has 37 heavy (non-hydrogen) atoms. The van der Waals surface area contributed by atoms with Crippen LogP contribution in [0.2, 0.25) is 5.02 Å². The van der Waals surface area contributed by atoms with Crippen molar-refractivity contribution in [2.75, 3.05) is 4.90 Å². The van der Waals surface area contributed by atoms with E-state index in [0.717, 1.165) is 22.3 Å². The number of hydrogen-bond donors (Lipinski definition) is 3. The van der Waals surface area contributed by atoms with Crippen molar-refractivity contribution < 1.29 is 19.7 Å². The molecule has 0 spiro atoms. The Labute approximate surface area is 221 Å². The van der Waals surface area contributed by atoms with Gasteiger partial charge in [-0.2, -0.15) is 0 Å². The molecule has 1 saturated carbocycles. The summed E-state index contributed by atoms with van der Waals surface area (Å²) in [5, 5.41) is 23.7. The fourth-order valence-electron chi connectivity index (χ4n) is 4.56. The van der Waals surface area contributed by atoms with E-state index in [2.05, 4.69) is 16.9 Å². The molecule has 4 rings (SSSR count). The molecule has 1 fully saturated rings. The highest BCUT2D eigenvalue weighted by atomic mass is 35.5. The van der Waals surface area contributed by atoms with Gasteiger partial charge in [-0.3, -0.25) is 9.78 Å². The molecule has 2 aromatic heterocycles. The molecule has 0 radical (unpaired) electrons. The van der Waals surface area contributed by atoms with Crippen LogP contribution >= 0.6 is 11.6 Å². The molecular formula is C28H31ClN4O4. The van der Waals surface area contributed by atoms with Crippen molar-refractivity contribution >= 4 is 34.1 Å². The smallest absolute Gasteiger partial charge is 0.223 e. The van der Waals surface area contributed by atoms with Crippen LogP contribution in [0.15, 0.2) is 61.7 Å². The minimum Gasteiger partial charge on any atom is -0.487 e. The monoisotopic (exact) mass is 522 g/mol. The van der Waals surface area contributed by atoms with E-state index < -0.39 is 18.1 Å². The van der Waals surface area contributed by atoms with Gasteiger partial charge in [-0.25, -0.2) is 4.98 Å². The molecule has 1 aliphatic rings. The summed E-state index contributed by atoms with van der Waals surface area (Å²) in [6.07, 6.45) is 7.53. The third-order valence-electron chi connectivity index (χ3n) is 6.48. The predicted molar refractivity (Wildman–Crippen MR) is 144 cm³/mol. The summed E-state index contributed by atoms with van der Waals surface area (Å²) in [5.41, 5.74) is 3.91. The van der Waals surface area contributed by atoms with Crippen LogP contribution in [0.25, 0.3) is 10.9 Å². The standard InChI is InChI=1S/C28H31ClN4O4/c1-4-9-33(5-2)23-10-17(3)32-27-20(23)7-6-8-26(27)37-16-21-19(13-30-15-22(21)29)14-31-28(36)18-11-24(34)25(35)12-18/h4-10,13,15,18,24-25,34-35H,2,11-12,14,16H2,1,3H3,(H,31,36)/b9-4-/t18?,24-,25?/m0/s1. The highest BCUT2D eigenvalue weighted by Crippen LogP contribution is 2.34. The Morgan fingerprint density at radius 2 is 2.05 bits per heavy atom. The number of amides is 1. The topological polar surface area (TPSA) is 108 Å². The number of carbonyl (C=O) groups excluding carboxylic acids is 1. The van der Waals surface area contributed by atoms with Crippen LogP contribution < -0.4 is 15.0 Å². The number of aryl methyl sites for hydroxylation is 1. The zero-order valence-corrected chi connectivity index (χ0v) is 21.7. The van der Waals surface area contributed by atoms with Crippen LogP contribution in [-0.2, 0) is 17.9 Å². The molecule has 3 N–H and O–H groups in total. The number of allylic oxidation sites excluding steroid dienone is 1. The Bertz CT molecular complexity index is 1320. The zero-order valence-electron chi connectivity index (χ0n) is 20.9. The third-order valence-corrected chi connectivity index (χ3v) is 6.81. The maximum Gasteiger partial charge on any atom is 0.223 e. The van der Waals surface area contributed by atoms with Gasteiger partial charge >= 0.3 is 0 Å². The molecule has 8 nitrogen and oxygen atoms in total. The van der Waals surface area contributed by atoms with Crippen molar-refractivity contribution in [3.05, 3.63) is 83.6 Å². The van der Waals surface area contributed by atoms with Gasteiger partial charge in [0.05, 0.1) is 22.9 Å². The maximum atomic E-state index is 12.6. The van der Waals surface area contributed by atoms with Crippen LogP contribution in [0.5, 0.6) is 5.75 Å². The highest BCUT2D eigenvalue weighted by molar-refractivity contribution is 6.31. The number of nitrogens with zero attached hydrogens (tertiary/aromatic N) is 3. The average molecular weight is 523 g/mol. The van der Waals surface area contributed by atoms with Crippen LogP contribution in [0.3, 0.4) is 0 Å². The second-order valence-corrected chi connectivity index (χ2v) is 9.48. The number of aliphatic hydroxyl groups excluding tert-OH is 2. The molecule has 1 aromatic carbocycles. The molecule has 0 saturated heterocycles. The van der Waals surface area contributed by atoms with E-state index >= 15 is 0 Å². The number of halogens is 1. The average Bonchev–Trinajstić information content (AvgIpc) is 3.23. The summed E-state index contributed by atoms with van der Waals surface area (Å²) in [6, 6.07) is 7.76. The number of rotatable bonds is 9. The summed E-state index contributed by atoms with van der Waals surface area (Å²) in [6.45, 7) is 8.14. The van der Waals surface area contributed by atoms with Crippen molar-refractivity contribution in [3.8, 4) is 5.75 Å². The van der Waals surface area contributed by atoms with Crippen molar-refractivity contribution in [3.63, 3.8) is 0 Å². The molecule has 0 aliphatic heterocycles. The minimum absolute atomic E-state index is 0.150. The van der Waals surface area contributed by atoms with Gasteiger partial charge in [0.25, 0.3) is 0 Å². The van der Waals surface area contributed by atoms with Gasteiger partial charge in [0.2, 0.25) is 5.91 Å². The van der Waals surface area contributed by atoms with E-state index in [1.807, 2.05) is 55.3 Å². The number of carbonyl (C=O) groups is 1. The number of benzene rings is 1. The first-order valence-electron chi connectivity index (χ1n) is 12.1. The molecule has 194 valence electrons. The van der Waals surface area contributed by atoms with E-state index in [0.29, 0.717) is 21.9 Å². The van der Waals surface area contributed by atoms with Gasteiger partial charge in [0.15, 0.2) is 0 Å². The number of aliphatic hydroxyl groups is 2. The van der Waals surface area contributed by atoms with E-state index in [1.165, 1.54) is 6.20 Å². The largest absolute Gasteiger partial charge is 0.487 e. The number of aromatic nitrogens is 2. The first kappa shape index (κ1) is 26.6. The lowest BCUT2D eigenvalue weighted by atomic mass is 10.1. The van der Waals surface area contributed by atoms with Crippen molar-refractivity contribution in [1.29, 1.82) is 0 Å². The summed E-state index contributed by atoms with van der Waals surface area (Å²) in [5.74, 6) is -0.0611. The number of hydrogen-bond acceptors (Lipinski definition) is 7. The number of anilines is 1. The van der Waals surface area contributed by atoms with Crippen LogP contribution in [0.1, 0.15) is 36.6 Å². The SMILES string of the molecule is C=CN(/C=C\C)c1cc(C)nc2c(OCc3c(Cl)cncc3CNC(=O)C3CC(O)[C@@H](O)C3)cccc12. The molecule has 2 heterocycles. The molecule has 3 atom stereocenters. The Morgan fingerprint density at radius 3 is 2.76 bits per heavy atom. The molecule has 1 amide bonds. The van der Waals surface area contributed by atoms with Gasteiger partial charge in [-0.1, -0.05) is 36.4 Å². The number of para-hydroxylation sites is 1. The molecule has 3 aromatic rings. The number of ether oxygens (including phenoxy) is 1. The molecule has 0 bridgehead atoms. The zero-order chi connectivity index (χ0) is 26.5. The van der Waals surface area contributed by atoms with E-state index in [4.69, 9.17) is 21.3 Å². The second kappa shape index (κ2) is 11.7. The summed E-state index contributed by atoms with van der Waals surface area (Å²) >= 11 is 6.48. The lowest BCUT2D eigenvalue weighted by Gasteiger charge is -2.19. The number of nitrogens with one attached hydrogen (secondary N) is 1. The summed E-state index contributed by atoms with van der Waals surface area (Å²) in [7, 11) is 0. The van der Waals surface area contributed by atoms with Gasteiger partial charge in [-0.05, 0) is 44.4 Å². The van der Waals surface area contributed by atoms with E-state index in [9.17, 15) is 15.0 Å². The Kier molecular flexibility index (Phi) is 8.43. The highest BCUT2D eigenvalue weighted by Gasteiger charge is 2.35. The Balaban J connectivity index is 1.55. The summed E-state index contributed by atoms with van der Waals surface area (Å²) < 4.78 is 6.23. The fraction of sp³-hybridized carbons (Fsp3) is 0.321. The minimum atomic E-state index is -0.873.